The van der Waals surface area contributed by atoms with Crippen molar-refractivity contribution in [1.82, 2.24) is 9.78 Å². The third-order valence-electron chi connectivity index (χ3n) is 7.31. The highest BCUT2D eigenvalue weighted by Crippen LogP contribution is 2.41. The Morgan fingerprint density at radius 3 is 2.47 bits per heavy atom. The number of carbonyl (C=O) groups is 1. The fourth-order valence-corrected chi connectivity index (χ4v) is 7.36. The van der Waals surface area contributed by atoms with Crippen LogP contribution in [-0.2, 0) is 29.6 Å². The van der Waals surface area contributed by atoms with Gasteiger partial charge in [-0.25, -0.2) is 4.21 Å². The van der Waals surface area contributed by atoms with Crippen molar-refractivity contribution >= 4 is 37.7 Å². The quantitative estimate of drug-likeness (QED) is 0.312. The van der Waals surface area contributed by atoms with Crippen LogP contribution in [0.15, 0.2) is 65.2 Å². The summed E-state index contributed by atoms with van der Waals surface area (Å²) in [6.45, 7) is 0. The van der Waals surface area contributed by atoms with Gasteiger partial charge < -0.3 is 10.0 Å². The Bertz CT molecular complexity index is 1620. The zero-order valence-electron chi connectivity index (χ0n) is 22.2. The van der Waals surface area contributed by atoms with Crippen molar-refractivity contribution in [3.63, 3.8) is 0 Å². The lowest BCUT2D eigenvalue weighted by atomic mass is 9.97. The predicted octanol–water partition coefficient (Wildman–Crippen LogP) is 5.64. The fourth-order valence-electron chi connectivity index (χ4n) is 5.15. The molecule has 0 spiro atoms. The molecule has 1 aliphatic heterocycles. The molecule has 5 rings (SSSR count). The molecule has 8 heteroatoms. The van der Waals surface area contributed by atoms with Gasteiger partial charge in [0.2, 0.25) is 0 Å². The number of ketones is 1. The first-order chi connectivity index (χ1) is 18.3. The van der Waals surface area contributed by atoms with E-state index in [9.17, 15) is 14.1 Å². The molecule has 3 aromatic carbocycles. The molecule has 0 unspecified atom stereocenters. The van der Waals surface area contributed by atoms with Gasteiger partial charge in [0.15, 0.2) is 11.5 Å². The number of carbonyl (C=O) groups excluding carboxylic acids is 1. The highest BCUT2D eigenvalue weighted by Gasteiger charge is 2.25. The molecule has 1 aliphatic rings. The number of anilines is 1. The number of hydrogen-bond donors (Lipinski definition) is 1. The van der Waals surface area contributed by atoms with Crippen LogP contribution in [0.2, 0.25) is 0 Å². The third-order valence-corrected chi connectivity index (χ3v) is 9.68. The van der Waals surface area contributed by atoms with Crippen molar-refractivity contribution in [2.24, 2.45) is 11.4 Å². The first kappa shape index (κ1) is 26.0. The summed E-state index contributed by atoms with van der Waals surface area (Å²) in [6.07, 6.45) is 5.69. The molecule has 1 aromatic heterocycles. The van der Waals surface area contributed by atoms with Crippen LogP contribution in [0.3, 0.4) is 0 Å². The normalized spacial score (nSPS) is 14.9. The highest BCUT2D eigenvalue weighted by atomic mass is 32.2. The van der Waals surface area contributed by atoms with Gasteiger partial charge in [-0.05, 0) is 54.2 Å². The van der Waals surface area contributed by atoms with Crippen LogP contribution in [0.1, 0.15) is 46.4 Å². The lowest BCUT2D eigenvalue weighted by Crippen LogP contribution is -2.17. The molecule has 1 fully saturated rings. The second-order valence-electron chi connectivity index (χ2n) is 10.2. The molecule has 4 aromatic rings. The maximum atomic E-state index is 13.8. The summed E-state index contributed by atoms with van der Waals surface area (Å²) in [7, 11) is 3.04. The topological polar surface area (TPSA) is 87.8 Å². The molecule has 38 heavy (non-hydrogen) atoms. The summed E-state index contributed by atoms with van der Waals surface area (Å²) in [5.41, 5.74) is 3.45. The van der Waals surface area contributed by atoms with Crippen LogP contribution in [0.4, 0.5) is 11.4 Å². The number of phenolic OH excluding ortho intramolecular Hbond substituents is 1. The SMILES string of the molecule is CN(C)c1ccc(C(=O)c2cnn(C)c2CCc2ccc3ccccc3c2)c(O)c1N=S1(=O)CCCCC1. The Hall–Kier alpha value is -3.65. The van der Waals surface area contributed by atoms with Gasteiger partial charge in [-0.3, -0.25) is 9.48 Å². The van der Waals surface area contributed by atoms with Crippen molar-refractivity contribution in [3.05, 3.63) is 83.2 Å². The minimum atomic E-state index is -2.48. The van der Waals surface area contributed by atoms with Gasteiger partial charge in [0.25, 0.3) is 0 Å². The van der Waals surface area contributed by atoms with Crippen LogP contribution in [0, 0.1) is 0 Å². The smallest absolute Gasteiger partial charge is 0.200 e. The summed E-state index contributed by atoms with van der Waals surface area (Å²) in [4.78, 5) is 15.6. The van der Waals surface area contributed by atoms with Crippen LogP contribution < -0.4 is 4.90 Å². The average molecular weight is 531 g/mol. The van der Waals surface area contributed by atoms with E-state index >= 15 is 0 Å². The van der Waals surface area contributed by atoms with Crippen LogP contribution >= 0.6 is 0 Å². The Morgan fingerprint density at radius 1 is 1.00 bits per heavy atom. The lowest BCUT2D eigenvalue weighted by molar-refractivity contribution is 0.103. The third kappa shape index (κ3) is 5.18. The molecule has 198 valence electrons. The largest absolute Gasteiger partial charge is 0.505 e. The average Bonchev–Trinajstić information content (AvgIpc) is 3.28. The van der Waals surface area contributed by atoms with Crippen LogP contribution in [0.25, 0.3) is 10.8 Å². The first-order valence-electron chi connectivity index (χ1n) is 13.0. The molecule has 0 radical (unpaired) electrons. The summed E-state index contributed by atoms with van der Waals surface area (Å²) in [5.74, 6) is 0.487. The minimum Gasteiger partial charge on any atom is -0.505 e. The van der Waals surface area contributed by atoms with Crippen LogP contribution in [-0.4, -0.2) is 50.5 Å². The van der Waals surface area contributed by atoms with E-state index in [-0.39, 0.29) is 22.8 Å². The number of fused-ring (bicyclic) bond motifs is 1. The Morgan fingerprint density at radius 2 is 1.74 bits per heavy atom. The summed E-state index contributed by atoms with van der Waals surface area (Å²) in [6, 6.07) is 18.1. The van der Waals surface area contributed by atoms with E-state index in [0.29, 0.717) is 29.2 Å². The van der Waals surface area contributed by atoms with Gasteiger partial charge in [-0.1, -0.05) is 48.9 Å². The van der Waals surface area contributed by atoms with Crippen molar-refractivity contribution in [2.75, 3.05) is 30.5 Å². The zero-order valence-corrected chi connectivity index (χ0v) is 23.0. The molecule has 0 bridgehead atoms. The molecular weight excluding hydrogens is 496 g/mol. The van der Waals surface area contributed by atoms with E-state index in [2.05, 4.69) is 39.8 Å². The second kappa shape index (κ2) is 10.6. The molecule has 0 amide bonds. The molecular formula is C30H34N4O3S. The summed E-state index contributed by atoms with van der Waals surface area (Å²) < 4.78 is 19.7. The molecule has 0 aliphatic carbocycles. The molecule has 7 nitrogen and oxygen atoms in total. The minimum absolute atomic E-state index is 0.146. The highest BCUT2D eigenvalue weighted by molar-refractivity contribution is 7.93. The molecule has 2 heterocycles. The fraction of sp³-hybridized carbons (Fsp3) is 0.333. The Kier molecular flexibility index (Phi) is 7.25. The van der Waals surface area contributed by atoms with Gasteiger partial charge in [0.05, 0.1) is 32.7 Å². The summed E-state index contributed by atoms with van der Waals surface area (Å²) >= 11 is 0. The van der Waals surface area contributed by atoms with E-state index in [1.807, 2.05) is 38.2 Å². The van der Waals surface area contributed by atoms with Crippen molar-refractivity contribution in [2.45, 2.75) is 32.1 Å². The number of aromatic hydroxyl groups is 1. The molecule has 0 saturated carbocycles. The van der Waals surface area contributed by atoms with Gasteiger partial charge in [-0.15, -0.1) is 0 Å². The van der Waals surface area contributed by atoms with Crippen molar-refractivity contribution in [1.29, 1.82) is 0 Å². The van der Waals surface area contributed by atoms with Crippen molar-refractivity contribution in [3.8, 4) is 5.75 Å². The zero-order chi connectivity index (χ0) is 26.9. The predicted molar refractivity (Wildman–Crippen MR) is 154 cm³/mol. The number of hydrogen-bond acceptors (Lipinski definition) is 6. The van der Waals surface area contributed by atoms with Gasteiger partial charge >= 0.3 is 0 Å². The number of phenols is 1. The van der Waals surface area contributed by atoms with Crippen molar-refractivity contribution < 1.29 is 14.1 Å². The Labute approximate surface area is 224 Å². The first-order valence-corrected chi connectivity index (χ1v) is 14.9. The number of aromatic nitrogens is 2. The molecule has 1 N–H and O–H groups in total. The standard InChI is InChI=1S/C30H34N4O3S/c1-33(2)27-16-14-24(30(36)28(27)32-38(37)17-7-4-8-18-38)29(35)25-20-31-34(3)26(25)15-12-21-11-13-22-9-5-6-10-23(22)19-21/h5-6,9-11,13-14,16,19-20,36H,4,7-8,12,15,17-18H2,1-3H3. The number of rotatable bonds is 7. The maximum Gasteiger partial charge on any atom is 0.200 e. The number of benzene rings is 3. The Balaban J connectivity index is 1.48. The van der Waals surface area contributed by atoms with E-state index in [0.717, 1.165) is 31.4 Å². The molecule has 0 atom stereocenters. The summed E-state index contributed by atoms with van der Waals surface area (Å²) in [5, 5.41) is 18.1. The van der Waals surface area contributed by atoms with E-state index in [4.69, 9.17) is 0 Å². The van der Waals surface area contributed by atoms with E-state index in [1.54, 1.807) is 23.0 Å². The number of aryl methyl sites for hydroxylation is 2. The lowest BCUT2D eigenvalue weighted by Gasteiger charge is -2.20. The van der Waals surface area contributed by atoms with E-state index < -0.39 is 9.73 Å². The van der Waals surface area contributed by atoms with Gasteiger partial charge in [-0.2, -0.15) is 9.46 Å². The maximum absolute atomic E-state index is 13.8. The van der Waals surface area contributed by atoms with Gasteiger partial charge in [0, 0.05) is 38.3 Å². The van der Waals surface area contributed by atoms with Crippen LogP contribution in [0.5, 0.6) is 5.75 Å². The monoisotopic (exact) mass is 530 g/mol. The van der Waals surface area contributed by atoms with Gasteiger partial charge in [0.1, 0.15) is 5.69 Å². The van der Waals surface area contributed by atoms with E-state index in [1.165, 1.54) is 16.3 Å². The number of nitrogens with zero attached hydrogens (tertiary/aromatic N) is 4. The second-order valence-corrected chi connectivity index (χ2v) is 12.7. The molecule has 1 saturated heterocycles.